The summed E-state index contributed by atoms with van der Waals surface area (Å²) in [6.45, 7) is 3.99. The van der Waals surface area contributed by atoms with Gasteiger partial charge in [-0.2, -0.15) is 0 Å². The number of hydrogen-bond acceptors (Lipinski definition) is 8. The van der Waals surface area contributed by atoms with E-state index in [1.165, 1.54) is 5.56 Å². The molecular weight excluding hydrogens is 426 g/mol. The molecule has 5 rings (SSSR count). The molecule has 0 aromatic heterocycles. The lowest BCUT2D eigenvalue weighted by atomic mass is 9.48. The van der Waals surface area contributed by atoms with Crippen LogP contribution in [0.15, 0.2) is 12.1 Å². The van der Waals surface area contributed by atoms with Crippen molar-refractivity contribution < 1.29 is 33.9 Å². The van der Waals surface area contributed by atoms with Gasteiger partial charge in [0.05, 0.1) is 63.4 Å². The number of hydrogen-bond donors (Lipinski definition) is 2. The van der Waals surface area contributed by atoms with Crippen LogP contribution >= 0.6 is 0 Å². The summed E-state index contributed by atoms with van der Waals surface area (Å²) in [5.74, 6) is 0.779. The Hall–Kier alpha value is -1.26. The predicted octanol–water partition coefficient (Wildman–Crippen LogP) is 1.03. The molecule has 184 valence electrons. The Balaban J connectivity index is 1.30. The summed E-state index contributed by atoms with van der Waals surface area (Å²) in [5.41, 5.74) is 1.82. The predicted molar refractivity (Wildman–Crippen MR) is 121 cm³/mol. The maximum absolute atomic E-state index is 12.2. The number of benzene rings is 1. The fourth-order valence-electron chi connectivity index (χ4n) is 6.79. The molecule has 1 aromatic rings. The second-order valence-electron chi connectivity index (χ2n) is 9.80. The van der Waals surface area contributed by atoms with Crippen LogP contribution in [0.5, 0.6) is 5.75 Å². The van der Waals surface area contributed by atoms with Gasteiger partial charge in [-0.25, -0.2) is 0 Å². The van der Waals surface area contributed by atoms with Crippen molar-refractivity contribution in [3.05, 3.63) is 28.8 Å². The largest absolute Gasteiger partial charge is 0.486 e. The van der Waals surface area contributed by atoms with Gasteiger partial charge in [-0.15, -0.1) is 0 Å². The summed E-state index contributed by atoms with van der Waals surface area (Å²) >= 11 is 0. The van der Waals surface area contributed by atoms with E-state index in [4.69, 9.17) is 23.7 Å². The van der Waals surface area contributed by atoms with Crippen LogP contribution in [0.2, 0.25) is 0 Å². The summed E-state index contributed by atoms with van der Waals surface area (Å²) in [5, 5.41) is 22.2. The Morgan fingerprint density at radius 2 is 1.85 bits per heavy atom. The molecule has 2 bridgehead atoms. The van der Waals surface area contributed by atoms with Crippen LogP contribution in [0.1, 0.15) is 36.0 Å². The van der Waals surface area contributed by atoms with Gasteiger partial charge in [-0.1, -0.05) is 12.1 Å². The Morgan fingerprint density at radius 1 is 1.09 bits per heavy atom. The Labute approximate surface area is 195 Å². The Bertz CT molecular complexity index is 850. The smallest absolute Gasteiger partial charge is 0.137 e. The molecule has 1 saturated heterocycles. The fraction of sp³-hybridized carbons (Fsp3) is 0.760. The van der Waals surface area contributed by atoms with Gasteiger partial charge in [0.15, 0.2) is 0 Å². The molecule has 0 amide bonds. The summed E-state index contributed by atoms with van der Waals surface area (Å²) in [6, 6.07) is 4.16. The minimum Gasteiger partial charge on any atom is -0.486 e. The van der Waals surface area contributed by atoms with E-state index in [1.54, 1.807) is 7.11 Å². The van der Waals surface area contributed by atoms with Crippen LogP contribution < -0.4 is 4.74 Å². The topological polar surface area (TPSA) is 89.9 Å². The molecular formula is C25H37NO7. The third-order valence-electron chi connectivity index (χ3n) is 8.31. The SMILES string of the molecule is COCCOCCOCCO[C@H]1CC[C@@]2(O)C3Cc4ccc(CO)c5c4[C@@]2(CCN3C)[C@H]1O5. The molecule has 2 aliphatic carbocycles. The van der Waals surface area contributed by atoms with E-state index < -0.39 is 11.0 Å². The second kappa shape index (κ2) is 9.41. The van der Waals surface area contributed by atoms with Crippen molar-refractivity contribution in [3.8, 4) is 5.75 Å². The maximum atomic E-state index is 12.2. The van der Waals surface area contributed by atoms with E-state index in [0.29, 0.717) is 46.1 Å². The van der Waals surface area contributed by atoms with Gasteiger partial charge in [0, 0.05) is 24.3 Å². The van der Waals surface area contributed by atoms with Crippen molar-refractivity contribution in [2.45, 2.75) is 61.6 Å². The number of ether oxygens (including phenoxy) is 5. The van der Waals surface area contributed by atoms with Crippen LogP contribution in [-0.4, -0.2) is 99.3 Å². The summed E-state index contributed by atoms with van der Waals surface area (Å²) < 4.78 is 29.0. The average Bonchev–Trinajstić information content (AvgIpc) is 3.17. The highest BCUT2D eigenvalue weighted by molar-refractivity contribution is 5.60. The molecule has 2 fully saturated rings. The number of methoxy groups -OCH3 is 1. The molecule has 8 heteroatoms. The summed E-state index contributed by atoms with van der Waals surface area (Å²) in [4.78, 5) is 2.31. The molecule has 1 spiro atoms. The molecule has 2 N–H and O–H groups in total. The quantitative estimate of drug-likeness (QED) is 0.471. The third-order valence-corrected chi connectivity index (χ3v) is 8.31. The number of piperidine rings is 1. The molecule has 4 aliphatic rings. The van der Waals surface area contributed by atoms with Crippen LogP contribution in [-0.2, 0) is 37.4 Å². The van der Waals surface area contributed by atoms with Crippen molar-refractivity contribution in [2.24, 2.45) is 0 Å². The van der Waals surface area contributed by atoms with Crippen molar-refractivity contribution in [1.82, 2.24) is 4.90 Å². The van der Waals surface area contributed by atoms with Gasteiger partial charge in [-0.05, 0) is 44.8 Å². The summed E-state index contributed by atoms with van der Waals surface area (Å²) in [6.07, 6.45) is 2.68. The van der Waals surface area contributed by atoms with E-state index in [2.05, 4.69) is 18.0 Å². The highest BCUT2D eigenvalue weighted by Crippen LogP contribution is 2.64. The minimum absolute atomic E-state index is 0.0677. The first-order valence-electron chi connectivity index (χ1n) is 12.2. The molecule has 0 radical (unpaired) electrons. The highest BCUT2D eigenvalue weighted by Gasteiger charge is 2.72. The number of likely N-dealkylation sites (tertiary alicyclic amines) is 1. The monoisotopic (exact) mass is 463 g/mol. The van der Waals surface area contributed by atoms with Gasteiger partial charge in [-0.3, -0.25) is 0 Å². The number of rotatable bonds is 11. The van der Waals surface area contributed by atoms with E-state index in [9.17, 15) is 10.2 Å². The van der Waals surface area contributed by atoms with E-state index in [1.807, 2.05) is 6.07 Å². The summed E-state index contributed by atoms with van der Waals surface area (Å²) in [7, 11) is 3.77. The highest BCUT2D eigenvalue weighted by atomic mass is 16.6. The van der Waals surface area contributed by atoms with Crippen LogP contribution in [0.3, 0.4) is 0 Å². The molecule has 1 aromatic carbocycles. The van der Waals surface area contributed by atoms with Crippen molar-refractivity contribution >= 4 is 0 Å². The first-order valence-corrected chi connectivity index (χ1v) is 12.2. The molecule has 5 atom stereocenters. The van der Waals surface area contributed by atoms with Crippen molar-refractivity contribution in [1.29, 1.82) is 0 Å². The standard InChI is InChI=1S/C25H37NO7/c1-26-8-7-24-21-17-3-4-18(16-27)22(21)33-23(24)19(5-6-25(24,28)20(26)15-17)32-14-13-31-12-11-30-10-9-29-2/h3-4,19-20,23,27-28H,5-16H2,1-2H3/t19-,20?,23-,24-,25+/m0/s1. The fourth-order valence-corrected chi connectivity index (χ4v) is 6.79. The van der Waals surface area contributed by atoms with Crippen molar-refractivity contribution in [3.63, 3.8) is 0 Å². The van der Waals surface area contributed by atoms with Gasteiger partial charge in [0.2, 0.25) is 0 Å². The van der Waals surface area contributed by atoms with E-state index in [0.717, 1.165) is 42.7 Å². The number of likely N-dealkylation sites (N-methyl/N-ethyl adjacent to an activating group) is 1. The van der Waals surface area contributed by atoms with Crippen LogP contribution in [0.25, 0.3) is 0 Å². The molecule has 33 heavy (non-hydrogen) atoms. The number of aliphatic hydroxyl groups is 2. The zero-order chi connectivity index (χ0) is 23.1. The lowest BCUT2D eigenvalue weighted by molar-refractivity contribution is -0.213. The average molecular weight is 464 g/mol. The first kappa shape index (κ1) is 23.5. The molecule has 2 heterocycles. The molecule has 2 aliphatic heterocycles. The zero-order valence-electron chi connectivity index (χ0n) is 19.8. The van der Waals surface area contributed by atoms with Gasteiger partial charge in [0.1, 0.15) is 11.9 Å². The Morgan fingerprint density at radius 3 is 2.61 bits per heavy atom. The van der Waals surface area contributed by atoms with E-state index in [-0.39, 0.29) is 24.9 Å². The Kier molecular flexibility index (Phi) is 6.70. The van der Waals surface area contributed by atoms with Crippen LogP contribution in [0.4, 0.5) is 0 Å². The van der Waals surface area contributed by atoms with Gasteiger partial charge in [0.25, 0.3) is 0 Å². The maximum Gasteiger partial charge on any atom is 0.137 e. The first-order chi connectivity index (χ1) is 16.1. The van der Waals surface area contributed by atoms with Gasteiger partial charge < -0.3 is 38.8 Å². The molecule has 8 nitrogen and oxygen atoms in total. The molecule has 1 saturated carbocycles. The van der Waals surface area contributed by atoms with E-state index >= 15 is 0 Å². The number of aliphatic hydroxyl groups excluding tert-OH is 1. The minimum atomic E-state index is -0.854. The number of nitrogens with zero attached hydrogens (tertiary/aromatic N) is 1. The third kappa shape index (κ3) is 3.62. The zero-order valence-corrected chi connectivity index (χ0v) is 19.8. The second-order valence-corrected chi connectivity index (χ2v) is 9.80. The van der Waals surface area contributed by atoms with Crippen LogP contribution in [0, 0.1) is 0 Å². The van der Waals surface area contributed by atoms with Crippen molar-refractivity contribution in [2.75, 3.05) is 60.3 Å². The lowest BCUT2D eigenvalue weighted by Gasteiger charge is -2.63. The van der Waals surface area contributed by atoms with Gasteiger partial charge >= 0.3 is 0 Å². The lowest BCUT2D eigenvalue weighted by Crippen LogP contribution is -2.76. The molecule has 1 unspecified atom stereocenters. The normalized spacial score (nSPS) is 34.2.